The second-order valence-electron chi connectivity index (χ2n) is 12.0. The maximum atomic E-state index is 11.7. The molecule has 19 nitrogen and oxygen atoms in total. The van der Waals surface area contributed by atoms with Crippen LogP contribution in [0.5, 0.6) is 17.2 Å². The molecule has 0 atom stereocenters. The fourth-order valence-corrected chi connectivity index (χ4v) is 6.11. The van der Waals surface area contributed by atoms with Crippen molar-refractivity contribution in [2.45, 2.75) is 23.6 Å². The fourth-order valence-electron chi connectivity index (χ4n) is 5.15. The molecule has 5 rings (SSSR count). The van der Waals surface area contributed by atoms with Gasteiger partial charge in [-0.05, 0) is 80.1 Å². The van der Waals surface area contributed by atoms with Gasteiger partial charge in [-0.25, -0.2) is 4.98 Å². The van der Waals surface area contributed by atoms with Gasteiger partial charge in [-0.2, -0.15) is 22.1 Å². The lowest BCUT2D eigenvalue weighted by Gasteiger charge is -2.16. The molecule has 0 spiro atoms. The molecular formula is C37H36N8O11S2. The average Bonchev–Trinajstić information content (AvgIpc) is 3.18. The van der Waals surface area contributed by atoms with Crippen molar-refractivity contribution in [1.29, 1.82) is 5.26 Å². The smallest absolute Gasteiger partial charge is 0.294 e. The Hall–Kier alpha value is -6.54. The number of aryl methyl sites for hydroxylation is 1. The van der Waals surface area contributed by atoms with E-state index < -0.39 is 20.2 Å². The molecule has 1 heterocycles. The van der Waals surface area contributed by atoms with Crippen molar-refractivity contribution in [2.24, 2.45) is 20.5 Å². The summed E-state index contributed by atoms with van der Waals surface area (Å²) in [7, 11) is -7.48. The zero-order valence-electron chi connectivity index (χ0n) is 31.0. The number of nitrogens with zero attached hydrogens (tertiary/aromatic N) is 6. The molecule has 0 aliphatic heterocycles. The van der Waals surface area contributed by atoms with Gasteiger partial charge in [-0.15, -0.1) is 20.5 Å². The third kappa shape index (κ3) is 10.6. The molecule has 4 aromatic carbocycles. The molecule has 0 aliphatic rings. The van der Waals surface area contributed by atoms with Crippen LogP contribution in [0.25, 0.3) is 0 Å². The highest BCUT2D eigenvalue weighted by atomic mass is 32.2. The lowest BCUT2D eigenvalue weighted by atomic mass is 10.1. The van der Waals surface area contributed by atoms with Crippen LogP contribution < -0.4 is 24.8 Å². The Morgan fingerprint density at radius 1 is 0.672 bits per heavy atom. The summed E-state index contributed by atoms with van der Waals surface area (Å²) in [5.74, 6) is 0.683. The van der Waals surface area contributed by atoms with Gasteiger partial charge in [0.2, 0.25) is 0 Å². The van der Waals surface area contributed by atoms with Crippen molar-refractivity contribution in [3.05, 3.63) is 95.6 Å². The lowest BCUT2D eigenvalue weighted by Crippen LogP contribution is -2.05. The van der Waals surface area contributed by atoms with Crippen molar-refractivity contribution in [3.8, 4) is 23.3 Å². The number of benzene rings is 4. The van der Waals surface area contributed by atoms with E-state index in [9.17, 15) is 41.4 Å². The van der Waals surface area contributed by atoms with Crippen LogP contribution in [0.2, 0.25) is 0 Å². The van der Waals surface area contributed by atoms with Gasteiger partial charge in [0.05, 0.1) is 35.7 Å². The number of hydrogen-bond donors (Lipinski definition) is 6. The first-order valence-corrected chi connectivity index (χ1v) is 19.8. The third-order valence-electron chi connectivity index (χ3n) is 7.95. The Morgan fingerprint density at radius 3 is 1.59 bits per heavy atom. The summed E-state index contributed by atoms with van der Waals surface area (Å²) in [4.78, 5) is 3.85. The van der Waals surface area contributed by atoms with Crippen molar-refractivity contribution in [1.82, 2.24) is 4.98 Å². The standard InChI is InChI=1S/C37H36N8O11S2/c1-22-4-13-32(54-3)29(18-22)42-43-30-19-34(56-17-15-47)31(20-33(30)55-16-14-46)44-45-35-23(2)28(21-38)36(39-24-5-9-26(10-6-24)57(48,49)50)41-37(35)40-25-7-11-27(12-8-25)58(51,52)53/h4-13,18-20,46-47H,14-17H2,1-3H3,(H2,39,40,41)(H,48,49,50)(H,51,52,53)/b43-42+,45-44+. The largest absolute Gasteiger partial charge is 0.494 e. The lowest BCUT2D eigenvalue weighted by molar-refractivity contribution is 0.198. The van der Waals surface area contributed by atoms with E-state index in [-0.39, 0.29) is 93.2 Å². The molecule has 0 radical (unpaired) electrons. The molecule has 302 valence electrons. The van der Waals surface area contributed by atoms with Crippen molar-refractivity contribution >= 4 is 66.0 Å². The number of aliphatic hydroxyl groups is 2. The third-order valence-corrected chi connectivity index (χ3v) is 9.69. The monoisotopic (exact) mass is 832 g/mol. The highest BCUT2D eigenvalue weighted by Gasteiger charge is 2.20. The quantitative estimate of drug-likeness (QED) is 0.0401. The van der Waals surface area contributed by atoms with E-state index in [1.807, 2.05) is 13.0 Å². The van der Waals surface area contributed by atoms with Gasteiger partial charge in [0.25, 0.3) is 20.2 Å². The first kappa shape index (κ1) is 42.6. The van der Waals surface area contributed by atoms with E-state index in [2.05, 4.69) is 42.1 Å². The highest BCUT2D eigenvalue weighted by molar-refractivity contribution is 7.86. The van der Waals surface area contributed by atoms with Crippen LogP contribution in [0.15, 0.2) is 109 Å². The van der Waals surface area contributed by atoms with E-state index in [4.69, 9.17) is 14.2 Å². The number of hydrogen-bond acceptors (Lipinski definition) is 17. The number of nitriles is 1. The Labute approximate surface area is 332 Å². The van der Waals surface area contributed by atoms with Gasteiger partial charge < -0.3 is 35.1 Å². The van der Waals surface area contributed by atoms with Gasteiger partial charge in [0, 0.05) is 29.1 Å². The zero-order valence-corrected chi connectivity index (χ0v) is 32.6. The molecule has 0 saturated heterocycles. The molecule has 0 amide bonds. The van der Waals surface area contributed by atoms with Gasteiger partial charge in [0.15, 0.2) is 11.6 Å². The fraction of sp³-hybridized carbons (Fsp3) is 0.189. The molecular weight excluding hydrogens is 797 g/mol. The maximum Gasteiger partial charge on any atom is 0.294 e. The predicted octanol–water partition coefficient (Wildman–Crippen LogP) is 7.13. The summed E-state index contributed by atoms with van der Waals surface area (Å²) in [5, 5.41) is 52.9. The second-order valence-corrected chi connectivity index (χ2v) is 14.9. The maximum absolute atomic E-state index is 11.7. The molecule has 21 heteroatoms. The summed E-state index contributed by atoms with van der Waals surface area (Å²) >= 11 is 0. The highest BCUT2D eigenvalue weighted by Crippen LogP contribution is 2.44. The first-order valence-electron chi connectivity index (χ1n) is 16.9. The van der Waals surface area contributed by atoms with Crippen LogP contribution in [0.1, 0.15) is 16.7 Å². The summed E-state index contributed by atoms with van der Waals surface area (Å²) in [6.45, 7) is 2.46. The molecule has 0 bridgehead atoms. The Morgan fingerprint density at radius 2 is 1.14 bits per heavy atom. The predicted molar refractivity (Wildman–Crippen MR) is 210 cm³/mol. The summed E-state index contributed by atoms with van der Waals surface area (Å²) in [5.41, 5.74) is 2.44. The van der Waals surface area contributed by atoms with Crippen molar-refractivity contribution in [3.63, 3.8) is 0 Å². The molecule has 0 aliphatic carbocycles. The van der Waals surface area contributed by atoms with Crippen LogP contribution in [0.3, 0.4) is 0 Å². The summed E-state index contributed by atoms with van der Waals surface area (Å²) in [6, 6.07) is 20.3. The molecule has 1 aromatic heterocycles. The Balaban J connectivity index is 1.64. The number of nitrogens with one attached hydrogen (secondary N) is 2. The number of methoxy groups -OCH3 is 1. The SMILES string of the molecule is COc1ccc(C)cc1/N=N/c1cc(OCCO)c(/N=N/c2c(Nc3ccc(S(=O)(=O)O)cc3)nc(Nc3ccc(S(=O)(=O)O)cc3)c(C#N)c2C)cc1OCCO. The number of aromatic nitrogens is 1. The number of ether oxygens (including phenoxy) is 3. The first-order chi connectivity index (χ1) is 27.6. The topological polar surface area (TPSA) is 287 Å². The molecule has 0 saturated carbocycles. The summed E-state index contributed by atoms with van der Waals surface area (Å²) < 4.78 is 82.3. The van der Waals surface area contributed by atoms with Crippen LogP contribution in [-0.4, -0.2) is 74.7 Å². The Kier molecular flexibility index (Phi) is 13.7. The van der Waals surface area contributed by atoms with Crippen molar-refractivity contribution in [2.75, 3.05) is 44.2 Å². The van der Waals surface area contributed by atoms with Crippen LogP contribution in [0.4, 0.5) is 45.8 Å². The van der Waals surface area contributed by atoms with E-state index in [1.165, 1.54) is 43.5 Å². The Bertz CT molecular complexity index is 2620. The number of aliphatic hydroxyl groups excluding tert-OH is 2. The molecule has 6 N–H and O–H groups in total. The molecule has 5 aromatic rings. The molecule has 0 fully saturated rings. The zero-order chi connectivity index (χ0) is 42.0. The molecule has 58 heavy (non-hydrogen) atoms. The van der Waals surface area contributed by atoms with E-state index in [0.717, 1.165) is 29.8 Å². The second kappa shape index (κ2) is 18.6. The minimum Gasteiger partial charge on any atom is -0.494 e. The summed E-state index contributed by atoms with van der Waals surface area (Å²) in [6.07, 6.45) is 0. The molecule has 0 unspecified atom stereocenters. The van der Waals surface area contributed by atoms with Crippen LogP contribution in [-0.2, 0) is 20.2 Å². The van der Waals surface area contributed by atoms with Crippen LogP contribution >= 0.6 is 0 Å². The van der Waals surface area contributed by atoms with E-state index in [0.29, 0.717) is 17.1 Å². The minimum atomic E-state index is -4.50. The van der Waals surface area contributed by atoms with Crippen LogP contribution in [0, 0.1) is 25.2 Å². The van der Waals surface area contributed by atoms with E-state index in [1.54, 1.807) is 19.1 Å². The van der Waals surface area contributed by atoms with Gasteiger partial charge in [-0.3, -0.25) is 9.11 Å². The average molecular weight is 833 g/mol. The van der Waals surface area contributed by atoms with Gasteiger partial charge in [0.1, 0.15) is 59.3 Å². The number of azo groups is 2. The van der Waals surface area contributed by atoms with Crippen molar-refractivity contribution < 1.29 is 50.4 Å². The minimum absolute atomic E-state index is 0.00206. The van der Waals surface area contributed by atoms with Gasteiger partial charge >= 0.3 is 0 Å². The number of anilines is 4. The number of rotatable bonds is 17. The number of pyridine rings is 1. The van der Waals surface area contributed by atoms with E-state index >= 15 is 0 Å². The normalized spacial score (nSPS) is 11.8. The van der Waals surface area contributed by atoms with Gasteiger partial charge in [-0.1, -0.05) is 6.07 Å².